The molecule has 2 rings (SSSR count). The lowest BCUT2D eigenvalue weighted by atomic mass is 10.1. The van der Waals surface area contributed by atoms with Crippen LogP contribution in [-0.2, 0) is 9.53 Å². The van der Waals surface area contributed by atoms with Gasteiger partial charge in [0.25, 0.3) is 5.56 Å². The van der Waals surface area contributed by atoms with E-state index in [2.05, 4.69) is 4.98 Å². The zero-order valence-electron chi connectivity index (χ0n) is 11.8. The van der Waals surface area contributed by atoms with E-state index in [0.717, 1.165) is 10.9 Å². The molecule has 2 aromatic rings. The summed E-state index contributed by atoms with van der Waals surface area (Å²) in [6, 6.07) is 9.03. The molecule has 0 unspecified atom stereocenters. The highest BCUT2D eigenvalue weighted by molar-refractivity contribution is 5.98. The van der Waals surface area contributed by atoms with Crippen LogP contribution in [0, 0.1) is 18.3 Å². The van der Waals surface area contributed by atoms with Gasteiger partial charge in [-0.25, -0.2) is 4.79 Å². The molecule has 1 aromatic heterocycles. The Kier molecular flexibility index (Phi) is 4.19. The molecule has 5 nitrogen and oxygen atoms in total. The van der Waals surface area contributed by atoms with Crippen LogP contribution in [-0.4, -0.2) is 17.6 Å². The number of ether oxygens (including phenoxy) is 1. The predicted octanol–water partition coefficient (Wildman–Crippen LogP) is 2.31. The summed E-state index contributed by atoms with van der Waals surface area (Å²) in [6.07, 6.45) is 1.25. The first kappa shape index (κ1) is 14.5. The number of aromatic amines is 1. The normalized spacial score (nSPS) is 11.2. The summed E-state index contributed by atoms with van der Waals surface area (Å²) < 4.78 is 4.77. The lowest BCUT2D eigenvalue weighted by Crippen LogP contribution is -2.11. The Morgan fingerprint density at radius 3 is 2.86 bits per heavy atom. The fourth-order valence-electron chi connectivity index (χ4n) is 1.95. The van der Waals surface area contributed by atoms with Crippen molar-refractivity contribution in [2.24, 2.45) is 0 Å². The van der Waals surface area contributed by atoms with Crippen molar-refractivity contribution in [1.82, 2.24) is 4.98 Å². The number of aryl methyl sites for hydroxylation is 1. The first-order valence-electron chi connectivity index (χ1n) is 6.47. The molecule has 1 N–H and O–H groups in total. The number of rotatable bonds is 3. The molecule has 0 atom stereocenters. The number of hydrogen-bond acceptors (Lipinski definition) is 4. The summed E-state index contributed by atoms with van der Waals surface area (Å²) in [7, 11) is 0. The monoisotopic (exact) mass is 282 g/mol. The van der Waals surface area contributed by atoms with Crippen LogP contribution in [0.3, 0.4) is 0 Å². The lowest BCUT2D eigenvalue weighted by Gasteiger charge is -2.02. The van der Waals surface area contributed by atoms with Gasteiger partial charge in [-0.15, -0.1) is 0 Å². The summed E-state index contributed by atoms with van der Waals surface area (Å²) in [4.78, 5) is 26.3. The molecule has 1 heterocycles. The molecule has 0 aliphatic heterocycles. The highest BCUT2D eigenvalue weighted by Gasteiger charge is 2.11. The van der Waals surface area contributed by atoms with E-state index in [1.807, 2.05) is 25.1 Å². The number of benzene rings is 1. The number of carbonyl (C=O) groups excluding carboxylic acids is 1. The van der Waals surface area contributed by atoms with Gasteiger partial charge in [0.15, 0.2) is 0 Å². The number of pyridine rings is 1. The molecular formula is C16H14N2O3. The molecule has 0 spiro atoms. The molecule has 5 heteroatoms. The molecule has 0 radical (unpaired) electrons. The summed E-state index contributed by atoms with van der Waals surface area (Å²) in [6.45, 7) is 3.77. The number of H-pyrrole nitrogens is 1. The Balaban J connectivity index is 2.55. The Labute approximate surface area is 121 Å². The van der Waals surface area contributed by atoms with E-state index in [1.165, 1.54) is 6.08 Å². The maximum absolute atomic E-state index is 12.0. The molecule has 0 aliphatic rings. The summed E-state index contributed by atoms with van der Waals surface area (Å²) >= 11 is 0. The van der Waals surface area contributed by atoms with E-state index in [9.17, 15) is 9.59 Å². The average Bonchev–Trinajstić information content (AvgIpc) is 2.45. The second kappa shape index (κ2) is 6.06. The maximum atomic E-state index is 12.0. The Morgan fingerprint density at radius 1 is 1.43 bits per heavy atom. The lowest BCUT2D eigenvalue weighted by molar-refractivity contribution is -0.137. The van der Waals surface area contributed by atoms with Crippen LogP contribution < -0.4 is 5.56 Å². The summed E-state index contributed by atoms with van der Waals surface area (Å²) in [5, 5.41) is 9.84. The van der Waals surface area contributed by atoms with Gasteiger partial charge in [-0.3, -0.25) is 4.79 Å². The topological polar surface area (TPSA) is 82.9 Å². The highest BCUT2D eigenvalue weighted by Crippen LogP contribution is 2.14. The Morgan fingerprint density at radius 2 is 2.19 bits per heavy atom. The predicted molar refractivity (Wildman–Crippen MR) is 79.5 cm³/mol. The third kappa shape index (κ3) is 3.18. The zero-order valence-corrected chi connectivity index (χ0v) is 11.8. The Bertz CT molecular complexity index is 826. The minimum absolute atomic E-state index is 0.172. The number of esters is 1. The van der Waals surface area contributed by atoms with Crippen molar-refractivity contribution in [3.63, 3.8) is 0 Å². The maximum Gasteiger partial charge on any atom is 0.348 e. The van der Waals surface area contributed by atoms with Crippen molar-refractivity contribution in [3.05, 3.63) is 51.3 Å². The van der Waals surface area contributed by atoms with Gasteiger partial charge in [0.1, 0.15) is 11.6 Å². The molecule has 21 heavy (non-hydrogen) atoms. The molecule has 0 aliphatic carbocycles. The van der Waals surface area contributed by atoms with Crippen molar-refractivity contribution < 1.29 is 9.53 Å². The smallest absolute Gasteiger partial charge is 0.348 e. The van der Waals surface area contributed by atoms with E-state index in [1.54, 1.807) is 19.1 Å². The van der Waals surface area contributed by atoms with E-state index < -0.39 is 5.97 Å². The van der Waals surface area contributed by atoms with Gasteiger partial charge in [0.05, 0.1) is 6.61 Å². The average molecular weight is 282 g/mol. The quantitative estimate of drug-likeness (QED) is 0.532. The number of nitrogens with zero attached hydrogens (tertiary/aromatic N) is 1. The van der Waals surface area contributed by atoms with E-state index >= 15 is 0 Å². The number of aromatic nitrogens is 1. The summed E-state index contributed by atoms with van der Waals surface area (Å²) in [5.74, 6) is -0.733. The van der Waals surface area contributed by atoms with E-state index in [-0.39, 0.29) is 23.3 Å². The number of hydrogen-bond donors (Lipinski definition) is 1. The van der Waals surface area contributed by atoms with Gasteiger partial charge in [-0.05, 0) is 43.5 Å². The molecular weight excluding hydrogens is 268 g/mol. The second-order valence-electron chi connectivity index (χ2n) is 4.53. The standard InChI is InChI=1S/C16H14N2O3/c1-3-21-16(20)13(9-17)8-12-7-11-6-10(2)4-5-14(11)18-15(12)19/h4-8H,3H2,1-2H3,(H,18,19)/b13-8-. The van der Waals surface area contributed by atoms with Crippen molar-refractivity contribution in [2.45, 2.75) is 13.8 Å². The van der Waals surface area contributed by atoms with Crippen LogP contribution in [0.15, 0.2) is 34.6 Å². The molecule has 0 fully saturated rings. The molecule has 106 valence electrons. The van der Waals surface area contributed by atoms with Crippen LogP contribution in [0.5, 0.6) is 0 Å². The Hall–Kier alpha value is -2.87. The minimum Gasteiger partial charge on any atom is -0.462 e. The number of carbonyl (C=O) groups is 1. The van der Waals surface area contributed by atoms with E-state index in [4.69, 9.17) is 10.00 Å². The highest BCUT2D eigenvalue weighted by atomic mass is 16.5. The van der Waals surface area contributed by atoms with Crippen LogP contribution in [0.4, 0.5) is 0 Å². The van der Waals surface area contributed by atoms with Crippen molar-refractivity contribution >= 4 is 22.9 Å². The fourth-order valence-corrected chi connectivity index (χ4v) is 1.95. The molecule has 0 saturated heterocycles. The zero-order chi connectivity index (χ0) is 15.4. The van der Waals surface area contributed by atoms with Crippen molar-refractivity contribution in [1.29, 1.82) is 5.26 Å². The van der Waals surface area contributed by atoms with Gasteiger partial charge < -0.3 is 9.72 Å². The first-order chi connectivity index (χ1) is 10.0. The minimum atomic E-state index is -0.733. The molecule has 0 saturated carbocycles. The van der Waals surface area contributed by atoms with Crippen LogP contribution >= 0.6 is 0 Å². The number of nitrogens with one attached hydrogen (secondary N) is 1. The van der Waals surface area contributed by atoms with Gasteiger partial charge in [-0.1, -0.05) is 11.6 Å². The van der Waals surface area contributed by atoms with Crippen LogP contribution in [0.1, 0.15) is 18.1 Å². The van der Waals surface area contributed by atoms with Crippen molar-refractivity contribution in [2.75, 3.05) is 6.61 Å². The van der Waals surface area contributed by atoms with Gasteiger partial charge in [0, 0.05) is 11.1 Å². The van der Waals surface area contributed by atoms with E-state index in [0.29, 0.717) is 5.52 Å². The molecule has 0 amide bonds. The summed E-state index contributed by atoms with van der Waals surface area (Å²) in [5.41, 5.74) is 1.45. The first-order valence-corrected chi connectivity index (χ1v) is 6.47. The number of nitriles is 1. The third-order valence-electron chi connectivity index (χ3n) is 2.94. The molecule has 1 aromatic carbocycles. The van der Waals surface area contributed by atoms with Gasteiger partial charge in [-0.2, -0.15) is 5.26 Å². The molecule has 0 bridgehead atoms. The third-order valence-corrected chi connectivity index (χ3v) is 2.94. The second-order valence-corrected chi connectivity index (χ2v) is 4.53. The van der Waals surface area contributed by atoms with Crippen molar-refractivity contribution in [3.8, 4) is 6.07 Å². The van der Waals surface area contributed by atoms with Gasteiger partial charge in [0.2, 0.25) is 0 Å². The van der Waals surface area contributed by atoms with Crippen LogP contribution in [0.2, 0.25) is 0 Å². The van der Waals surface area contributed by atoms with Gasteiger partial charge >= 0.3 is 5.97 Å². The SMILES string of the molecule is CCOC(=O)/C(C#N)=C\c1cc2cc(C)ccc2[nH]c1=O. The van der Waals surface area contributed by atoms with Crippen LogP contribution in [0.25, 0.3) is 17.0 Å². The fraction of sp³-hybridized carbons (Fsp3) is 0.188. The number of fused-ring (bicyclic) bond motifs is 1. The largest absolute Gasteiger partial charge is 0.462 e.